The number of aryl methyl sites for hydroxylation is 1. The van der Waals surface area contributed by atoms with Gasteiger partial charge >= 0.3 is 0 Å². The highest BCUT2D eigenvalue weighted by atomic mass is 32.2. The normalized spacial score (nSPS) is 18.1. The van der Waals surface area contributed by atoms with Crippen LogP contribution in [-0.2, 0) is 17.1 Å². The van der Waals surface area contributed by atoms with Gasteiger partial charge in [0.2, 0.25) is 10.0 Å². The number of sulfonamides is 1. The lowest BCUT2D eigenvalue weighted by molar-refractivity contribution is 0.301. The smallest absolute Gasteiger partial charge is 0.244 e. The Morgan fingerprint density at radius 3 is 2.91 bits per heavy atom. The number of nitrogens with one attached hydrogen (secondary N) is 1. The molecule has 1 atom stereocenters. The lowest BCUT2D eigenvalue weighted by Crippen LogP contribution is -2.29. The molecule has 1 aliphatic heterocycles. The summed E-state index contributed by atoms with van der Waals surface area (Å²) in [5, 5.41) is 3.97. The van der Waals surface area contributed by atoms with E-state index >= 15 is 0 Å². The molecule has 1 aromatic heterocycles. The number of aromatic nitrogens is 2. The van der Waals surface area contributed by atoms with Crippen LogP contribution < -0.4 is 9.46 Å². The molecule has 0 radical (unpaired) electrons. The van der Waals surface area contributed by atoms with Crippen molar-refractivity contribution < 1.29 is 17.5 Å². The van der Waals surface area contributed by atoms with E-state index in [1.54, 1.807) is 26.1 Å². The molecular weight excluding hydrogens is 321 g/mol. The highest BCUT2D eigenvalue weighted by Crippen LogP contribution is 2.34. The van der Waals surface area contributed by atoms with Crippen LogP contribution in [0.5, 0.6) is 5.75 Å². The molecule has 6 nitrogen and oxygen atoms in total. The molecule has 1 aromatic carbocycles. The maximum absolute atomic E-state index is 13.9. The first-order valence-electron chi connectivity index (χ1n) is 7.32. The number of para-hydroxylation sites is 1. The van der Waals surface area contributed by atoms with Crippen LogP contribution in [0.3, 0.4) is 0 Å². The van der Waals surface area contributed by atoms with Gasteiger partial charge in [0.25, 0.3) is 0 Å². The lowest BCUT2D eigenvalue weighted by atomic mass is 10.0. The molecule has 1 aliphatic rings. The van der Waals surface area contributed by atoms with Crippen LogP contribution in [0.1, 0.15) is 30.1 Å². The fourth-order valence-electron chi connectivity index (χ4n) is 2.68. The first-order valence-corrected chi connectivity index (χ1v) is 8.80. The summed E-state index contributed by atoms with van der Waals surface area (Å²) in [5.74, 6) is -0.355. The van der Waals surface area contributed by atoms with Crippen molar-refractivity contribution in [1.82, 2.24) is 14.5 Å². The molecule has 0 aliphatic carbocycles. The van der Waals surface area contributed by atoms with E-state index in [-0.39, 0.29) is 10.6 Å². The summed E-state index contributed by atoms with van der Waals surface area (Å²) in [6, 6.07) is 4.01. The Kier molecular flexibility index (Phi) is 4.11. The Hall–Kier alpha value is -1.93. The van der Waals surface area contributed by atoms with Gasteiger partial charge in [-0.25, -0.2) is 17.5 Å². The maximum atomic E-state index is 13.9. The van der Waals surface area contributed by atoms with Crippen molar-refractivity contribution in [2.45, 2.75) is 30.7 Å². The van der Waals surface area contributed by atoms with Crippen molar-refractivity contribution >= 4 is 10.0 Å². The first kappa shape index (κ1) is 15.9. The quantitative estimate of drug-likeness (QED) is 0.929. The van der Waals surface area contributed by atoms with Crippen LogP contribution in [0.4, 0.5) is 4.39 Å². The Morgan fingerprint density at radius 2 is 2.22 bits per heavy atom. The molecule has 0 saturated heterocycles. The largest absolute Gasteiger partial charge is 0.490 e. The second-order valence-electron chi connectivity index (χ2n) is 5.54. The molecule has 1 unspecified atom stereocenters. The molecule has 8 heteroatoms. The van der Waals surface area contributed by atoms with Gasteiger partial charge in [-0.3, -0.25) is 4.68 Å². The topological polar surface area (TPSA) is 73.2 Å². The van der Waals surface area contributed by atoms with E-state index in [1.165, 1.54) is 16.9 Å². The molecule has 3 rings (SSSR count). The summed E-state index contributed by atoms with van der Waals surface area (Å²) < 4.78 is 48.8. The first-order chi connectivity index (χ1) is 10.9. The van der Waals surface area contributed by atoms with Gasteiger partial charge in [0.1, 0.15) is 4.90 Å². The van der Waals surface area contributed by atoms with Gasteiger partial charge in [-0.2, -0.15) is 5.10 Å². The molecule has 0 saturated carbocycles. The average Bonchev–Trinajstić information content (AvgIpc) is 2.71. The van der Waals surface area contributed by atoms with Crippen LogP contribution >= 0.6 is 0 Å². The molecular formula is C15H18FN3O3S. The zero-order valence-corrected chi connectivity index (χ0v) is 13.7. The third-order valence-electron chi connectivity index (χ3n) is 4.03. The van der Waals surface area contributed by atoms with Crippen molar-refractivity contribution in [1.29, 1.82) is 0 Å². The molecule has 1 N–H and O–H groups in total. The highest BCUT2D eigenvalue weighted by molar-refractivity contribution is 7.89. The van der Waals surface area contributed by atoms with Crippen molar-refractivity contribution in [3.8, 4) is 5.75 Å². The van der Waals surface area contributed by atoms with Gasteiger partial charge in [0.15, 0.2) is 11.6 Å². The fourth-order valence-corrected chi connectivity index (χ4v) is 4.14. The molecule has 2 heterocycles. The number of fused-ring (bicyclic) bond motifs is 1. The van der Waals surface area contributed by atoms with Crippen molar-refractivity contribution in [2.75, 3.05) is 6.61 Å². The number of benzene rings is 1. The van der Waals surface area contributed by atoms with Gasteiger partial charge < -0.3 is 4.74 Å². The van der Waals surface area contributed by atoms with Crippen molar-refractivity contribution in [3.05, 3.63) is 41.5 Å². The molecule has 0 bridgehead atoms. The average molecular weight is 339 g/mol. The predicted molar refractivity (Wildman–Crippen MR) is 82.1 cm³/mol. The van der Waals surface area contributed by atoms with Gasteiger partial charge in [-0.05, 0) is 25.8 Å². The van der Waals surface area contributed by atoms with Crippen LogP contribution in [0.25, 0.3) is 0 Å². The zero-order valence-electron chi connectivity index (χ0n) is 12.9. The molecule has 2 aromatic rings. The minimum atomic E-state index is -3.75. The fraction of sp³-hybridized carbons (Fsp3) is 0.400. The van der Waals surface area contributed by atoms with Gasteiger partial charge in [0, 0.05) is 12.6 Å². The Balaban J connectivity index is 1.97. The summed E-state index contributed by atoms with van der Waals surface area (Å²) in [6.45, 7) is 2.05. The van der Waals surface area contributed by atoms with Gasteiger partial charge in [0.05, 0.1) is 24.5 Å². The summed E-state index contributed by atoms with van der Waals surface area (Å²) >= 11 is 0. The minimum Gasteiger partial charge on any atom is -0.490 e. The van der Waals surface area contributed by atoms with Crippen molar-refractivity contribution in [2.24, 2.45) is 7.05 Å². The van der Waals surface area contributed by atoms with E-state index in [1.807, 2.05) is 0 Å². The summed E-state index contributed by atoms with van der Waals surface area (Å²) in [5.41, 5.74) is 1.06. The van der Waals surface area contributed by atoms with Crippen LogP contribution in [0.2, 0.25) is 0 Å². The third-order valence-corrected chi connectivity index (χ3v) is 5.61. The van der Waals surface area contributed by atoms with Crippen LogP contribution in [0.15, 0.2) is 29.3 Å². The number of hydrogen-bond donors (Lipinski definition) is 1. The summed E-state index contributed by atoms with van der Waals surface area (Å²) in [6.07, 6.45) is 2.49. The summed E-state index contributed by atoms with van der Waals surface area (Å²) in [7, 11) is -2.07. The minimum absolute atomic E-state index is 0.126. The van der Waals surface area contributed by atoms with E-state index in [0.29, 0.717) is 30.7 Å². The van der Waals surface area contributed by atoms with E-state index in [4.69, 9.17) is 4.74 Å². The van der Waals surface area contributed by atoms with Gasteiger partial charge in [-0.1, -0.05) is 12.1 Å². The Labute approximate surface area is 134 Å². The second kappa shape index (κ2) is 5.93. The summed E-state index contributed by atoms with van der Waals surface area (Å²) in [4.78, 5) is 0.128. The number of nitrogens with zero attached hydrogens (tertiary/aromatic N) is 2. The Morgan fingerprint density at radius 1 is 1.43 bits per heavy atom. The monoisotopic (exact) mass is 339 g/mol. The third kappa shape index (κ3) is 2.96. The molecule has 23 heavy (non-hydrogen) atoms. The molecule has 0 amide bonds. The van der Waals surface area contributed by atoms with Crippen molar-refractivity contribution in [3.63, 3.8) is 0 Å². The lowest BCUT2D eigenvalue weighted by Gasteiger charge is -2.18. The highest BCUT2D eigenvalue weighted by Gasteiger charge is 2.28. The second-order valence-corrected chi connectivity index (χ2v) is 7.22. The van der Waals surface area contributed by atoms with E-state index in [2.05, 4.69) is 9.82 Å². The molecule has 0 fully saturated rings. The maximum Gasteiger partial charge on any atom is 0.244 e. The van der Waals surface area contributed by atoms with E-state index in [0.717, 1.165) is 0 Å². The van der Waals surface area contributed by atoms with Crippen LogP contribution in [0, 0.1) is 12.7 Å². The Bertz CT molecular complexity index is 832. The molecule has 0 spiro atoms. The van der Waals surface area contributed by atoms with Crippen LogP contribution in [-0.4, -0.2) is 24.8 Å². The van der Waals surface area contributed by atoms with Gasteiger partial charge in [-0.15, -0.1) is 0 Å². The number of halogens is 1. The van der Waals surface area contributed by atoms with E-state index in [9.17, 15) is 12.8 Å². The number of hydrogen-bond acceptors (Lipinski definition) is 4. The predicted octanol–water partition coefficient (Wildman–Crippen LogP) is 2.06. The number of ether oxygens (including phenoxy) is 1. The zero-order chi connectivity index (χ0) is 16.6. The SMILES string of the molecule is Cc1c(S(=O)(=O)NC2CCCOc3c(F)cccc32)cnn1C. The van der Waals surface area contributed by atoms with E-state index < -0.39 is 21.9 Å². The number of rotatable bonds is 3. The molecule has 124 valence electrons. The standard InChI is InChI=1S/C15H18FN3O3S/c1-10-14(9-17-19(10)2)23(20,21)18-13-7-4-8-22-15-11(13)5-3-6-12(15)16/h3,5-6,9,13,18H,4,7-8H2,1-2H3.